The minimum atomic E-state index is -0.299. The summed E-state index contributed by atoms with van der Waals surface area (Å²) in [6.45, 7) is 2.24. The van der Waals surface area contributed by atoms with Gasteiger partial charge in [0.15, 0.2) is 5.78 Å². The summed E-state index contributed by atoms with van der Waals surface area (Å²) in [6.07, 6.45) is 16.5. The first-order chi connectivity index (χ1) is 14.4. The molecule has 2 saturated heterocycles. The Morgan fingerprint density at radius 2 is 1.67 bits per heavy atom. The van der Waals surface area contributed by atoms with Gasteiger partial charge in [0.1, 0.15) is 8.25 Å². The average Bonchev–Trinajstić information content (AvgIpc) is 2.74. The Balaban J connectivity index is 1.59. The molecule has 0 spiro atoms. The molecule has 5 unspecified atom stereocenters. The standard InChI is InChI=1S/C24H38Br3NO2/c1-2-3-4-5-6-7-8-11-18(17-28)12-9-10-13-21(29)23-19-14-15-22(30-23)20(16-19)24(25,26)27/h18-20,22-23H,2-16H2,1H3. The number of hydrogen-bond acceptors (Lipinski definition) is 3. The van der Waals surface area contributed by atoms with Crippen LogP contribution in [0.1, 0.15) is 103 Å². The summed E-state index contributed by atoms with van der Waals surface area (Å²) in [5, 5.41) is 9.42. The Morgan fingerprint density at radius 1 is 1.03 bits per heavy atom. The Hall–Kier alpha value is 0.560. The predicted molar refractivity (Wildman–Crippen MR) is 134 cm³/mol. The van der Waals surface area contributed by atoms with Gasteiger partial charge < -0.3 is 4.74 Å². The van der Waals surface area contributed by atoms with Gasteiger partial charge in [0, 0.05) is 18.3 Å². The van der Waals surface area contributed by atoms with Gasteiger partial charge in [-0.15, -0.1) is 0 Å². The molecule has 2 bridgehead atoms. The van der Waals surface area contributed by atoms with Gasteiger partial charge in [-0.05, 0) is 44.4 Å². The molecule has 3 nitrogen and oxygen atoms in total. The molecule has 1 aliphatic carbocycles. The third kappa shape index (κ3) is 8.83. The molecular weight excluding hydrogens is 574 g/mol. The molecule has 5 atom stereocenters. The summed E-state index contributed by atoms with van der Waals surface area (Å²) >= 11 is 10.9. The molecule has 172 valence electrons. The molecule has 2 aliphatic heterocycles. The Bertz CT molecular complexity index is 558. The molecule has 0 amide bonds. The van der Waals surface area contributed by atoms with Gasteiger partial charge in [-0.2, -0.15) is 5.26 Å². The van der Waals surface area contributed by atoms with Gasteiger partial charge in [-0.1, -0.05) is 106 Å². The van der Waals surface area contributed by atoms with Crippen molar-refractivity contribution in [1.29, 1.82) is 5.26 Å². The van der Waals surface area contributed by atoms with E-state index in [4.69, 9.17) is 4.74 Å². The van der Waals surface area contributed by atoms with Crippen LogP contribution >= 0.6 is 47.8 Å². The first-order valence-corrected chi connectivity index (χ1v) is 14.4. The van der Waals surface area contributed by atoms with Crippen molar-refractivity contribution in [1.82, 2.24) is 0 Å². The zero-order valence-electron chi connectivity index (χ0n) is 18.4. The van der Waals surface area contributed by atoms with E-state index in [1.807, 2.05) is 0 Å². The maximum atomic E-state index is 12.8. The summed E-state index contributed by atoms with van der Waals surface area (Å²) in [5.74, 6) is 1.10. The number of carbonyl (C=O) groups is 1. The van der Waals surface area contributed by atoms with Crippen molar-refractivity contribution in [2.75, 3.05) is 0 Å². The van der Waals surface area contributed by atoms with Crippen LogP contribution in [0.25, 0.3) is 0 Å². The zero-order valence-corrected chi connectivity index (χ0v) is 23.1. The molecule has 3 aliphatic rings. The minimum absolute atomic E-state index is 0.131. The predicted octanol–water partition coefficient (Wildman–Crippen LogP) is 8.42. The van der Waals surface area contributed by atoms with E-state index in [1.54, 1.807) is 0 Å². The Morgan fingerprint density at radius 3 is 2.23 bits per heavy atom. The highest BCUT2D eigenvalue weighted by molar-refractivity contribution is 9.39. The number of fused-ring (bicyclic) bond motifs is 3. The van der Waals surface area contributed by atoms with Crippen molar-refractivity contribution in [3.63, 3.8) is 0 Å². The number of unbranched alkanes of at least 4 members (excludes halogenated alkanes) is 7. The number of nitriles is 1. The van der Waals surface area contributed by atoms with E-state index in [1.165, 1.54) is 44.9 Å². The topological polar surface area (TPSA) is 50.1 Å². The summed E-state index contributed by atoms with van der Waals surface area (Å²) in [4.78, 5) is 12.8. The van der Waals surface area contributed by atoms with Crippen molar-refractivity contribution in [2.45, 2.75) is 118 Å². The van der Waals surface area contributed by atoms with Crippen LogP contribution in [0.3, 0.4) is 0 Å². The van der Waals surface area contributed by atoms with Crippen LogP contribution in [0.4, 0.5) is 0 Å². The molecule has 0 aromatic heterocycles. The van der Waals surface area contributed by atoms with Crippen molar-refractivity contribution in [3.8, 4) is 6.07 Å². The number of carbonyl (C=O) groups excluding carboxylic acids is 1. The van der Waals surface area contributed by atoms with E-state index in [0.717, 1.165) is 44.9 Å². The molecule has 6 heteroatoms. The fraction of sp³-hybridized carbons (Fsp3) is 0.917. The van der Waals surface area contributed by atoms with Crippen LogP contribution in [-0.4, -0.2) is 20.1 Å². The fourth-order valence-electron chi connectivity index (χ4n) is 5.05. The van der Waals surface area contributed by atoms with E-state index < -0.39 is 0 Å². The second kappa shape index (κ2) is 14.0. The zero-order chi connectivity index (χ0) is 22.0. The highest BCUT2D eigenvalue weighted by Gasteiger charge is 2.50. The number of nitrogens with zero attached hydrogens (tertiary/aromatic N) is 1. The number of alkyl halides is 3. The van der Waals surface area contributed by atoms with Gasteiger partial charge >= 0.3 is 0 Å². The quantitative estimate of drug-likeness (QED) is 0.146. The van der Waals surface area contributed by atoms with Crippen LogP contribution in [0, 0.1) is 29.1 Å². The summed E-state index contributed by atoms with van der Waals surface area (Å²) in [6, 6.07) is 2.48. The van der Waals surface area contributed by atoms with Crippen LogP contribution in [0.15, 0.2) is 0 Å². The Labute approximate surface area is 208 Å². The van der Waals surface area contributed by atoms with Crippen LogP contribution in [-0.2, 0) is 9.53 Å². The third-order valence-corrected chi connectivity index (χ3v) is 8.64. The van der Waals surface area contributed by atoms with Crippen LogP contribution < -0.4 is 0 Å². The fourth-order valence-corrected chi connectivity index (χ4v) is 6.49. The lowest BCUT2D eigenvalue weighted by atomic mass is 9.73. The van der Waals surface area contributed by atoms with Crippen molar-refractivity contribution in [2.24, 2.45) is 17.8 Å². The highest BCUT2D eigenvalue weighted by atomic mass is 80.0. The number of ether oxygens (including phenoxy) is 1. The molecule has 0 aromatic rings. The molecule has 0 N–H and O–H groups in total. The number of halogens is 3. The molecular formula is C24H38Br3NO2. The lowest BCUT2D eigenvalue weighted by molar-refractivity contribution is -0.170. The molecule has 0 radical (unpaired) electrons. The van der Waals surface area contributed by atoms with E-state index in [2.05, 4.69) is 60.8 Å². The monoisotopic (exact) mass is 609 g/mol. The molecule has 3 fully saturated rings. The minimum Gasteiger partial charge on any atom is -0.367 e. The van der Waals surface area contributed by atoms with E-state index in [-0.39, 0.29) is 26.1 Å². The van der Waals surface area contributed by atoms with Crippen LogP contribution in [0.2, 0.25) is 0 Å². The third-order valence-electron chi connectivity index (χ3n) is 6.88. The first kappa shape index (κ1) is 26.8. The lowest BCUT2D eigenvalue weighted by Gasteiger charge is -2.49. The number of Topliss-reactive ketones (excluding diaryl/α,β-unsaturated/α-hetero) is 1. The van der Waals surface area contributed by atoms with Crippen molar-refractivity contribution < 1.29 is 9.53 Å². The SMILES string of the molecule is CCCCCCCCCC(C#N)CCCCC(=O)C1OC2CCC1CC2C(Br)(Br)Br. The van der Waals surface area contributed by atoms with E-state index >= 15 is 0 Å². The van der Waals surface area contributed by atoms with Gasteiger partial charge in [0.2, 0.25) is 0 Å². The van der Waals surface area contributed by atoms with Crippen molar-refractivity contribution in [3.05, 3.63) is 0 Å². The number of hydrogen-bond donors (Lipinski definition) is 0. The molecule has 2 heterocycles. The van der Waals surface area contributed by atoms with Crippen molar-refractivity contribution >= 4 is 53.6 Å². The van der Waals surface area contributed by atoms with Crippen LogP contribution in [0.5, 0.6) is 0 Å². The number of rotatable bonds is 14. The second-order valence-electron chi connectivity index (χ2n) is 9.26. The molecule has 0 aromatic carbocycles. The highest BCUT2D eigenvalue weighted by Crippen LogP contribution is 2.53. The van der Waals surface area contributed by atoms with Gasteiger partial charge in [-0.3, -0.25) is 4.79 Å². The lowest BCUT2D eigenvalue weighted by Crippen LogP contribution is -2.52. The normalized spacial score (nSPS) is 27.0. The smallest absolute Gasteiger partial charge is 0.161 e. The maximum absolute atomic E-state index is 12.8. The maximum Gasteiger partial charge on any atom is 0.161 e. The van der Waals surface area contributed by atoms with E-state index in [0.29, 0.717) is 18.3 Å². The van der Waals surface area contributed by atoms with E-state index in [9.17, 15) is 10.1 Å². The molecule has 1 saturated carbocycles. The summed E-state index contributed by atoms with van der Waals surface area (Å²) in [5.41, 5.74) is 0. The number of ketones is 1. The van der Waals surface area contributed by atoms with Gasteiger partial charge in [-0.25, -0.2) is 0 Å². The average molecular weight is 612 g/mol. The van der Waals surface area contributed by atoms with Gasteiger partial charge in [0.05, 0.1) is 12.2 Å². The van der Waals surface area contributed by atoms with Gasteiger partial charge in [0.25, 0.3) is 0 Å². The molecule has 3 rings (SSSR count). The molecule has 30 heavy (non-hydrogen) atoms. The second-order valence-corrected chi connectivity index (χ2v) is 16.2. The Kier molecular flexibility index (Phi) is 12.5. The summed E-state index contributed by atoms with van der Waals surface area (Å²) < 4.78 is 5.89. The first-order valence-electron chi connectivity index (χ1n) is 12.0. The largest absolute Gasteiger partial charge is 0.367 e. The summed E-state index contributed by atoms with van der Waals surface area (Å²) in [7, 11) is 0.